The third-order valence-corrected chi connectivity index (χ3v) is 6.37. The summed E-state index contributed by atoms with van der Waals surface area (Å²) in [6.45, 7) is 4.49. The maximum Gasteiger partial charge on any atom is 0.269 e. The standard InChI is InChI=1S/C22H23FN4O4S/c23-17-4-7-19-20(15-17)32-22(24-19)26(9-1-8-25-10-12-31-13-11-25)21(28)14-16-2-5-18(6-3-16)27(29)30/h2-7,15H,1,8-14H2. The molecule has 1 amide bonds. The monoisotopic (exact) mass is 458 g/mol. The summed E-state index contributed by atoms with van der Waals surface area (Å²) in [4.78, 5) is 32.1. The van der Waals surface area contributed by atoms with Gasteiger partial charge in [0.2, 0.25) is 5.91 Å². The van der Waals surface area contributed by atoms with Crippen LogP contribution in [0.2, 0.25) is 0 Å². The highest BCUT2D eigenvalue weighted by atomic mass is 32.1. The number of morpholine rings is 1. The van der Waals surface area contributed by atoms with Gasteiger partial charge in [-0.05, 0) is 30.2 Å². The number of hydrogen-bond donors (Lipinski definition) is 0. The summed E-state index contributed by atoms with van der Waals surface area (Å²) >= 11 is 1.28. The van der Waals surface area contributed by atoms with Gasteiger partial charge in [-0.25, -0.2) is 9.37 Å². The average Bonchev–Trinajstić information content (AvgIpc) is 3.20. The highest BCUT2D eigenvalue weighted by Gasteiger charge is 2.21. The van der Waals surface area contributed by atoms with Crippen molar-refractivity contribution in [2.24, 2.45) is 0 Å². The number of non-ortho nitro benzene ring substituents is 1. The van der Waals surface area contributed by atoms with E-state index in [1.807, 2.05) is 0 Å². The Labute approximate surface area is 188 Å². The highest BCUT2D eigenvalue weighted by molar-refractivity contribution is 7.22. The SMILES string of the molecule is O=C(Cc1ccc([N+](=O)[O-])cc1)N(CCCN1CCOCC1)c1nc2ccc(F)cc2s1. The fraction of sp³-hybridized carbons (Fsp3) is 0.364. The van der Waals surface area contributed by atoms with E-state index >= 15 is 0 Å². The van der Waals surface area contributed by atoms with Crippen LogP contribution in [-0.4, -0.2) is 60.1 Å². The van der Waals surface area contributed by atoms with Crippen molar-refractivity contribution in [3.05, 3.63) is 64.0 Å². The van der Waals surface area contributed by atoms with Crippen LogP contribution in [0.3, 0.4) is 0 Å². The number of aromatic nitrogens is 1. The molecule has 168 valence electrons. The van der Waals surface area contributed by atoms with Gasteiger partial charge in [-0.2, -0.15) is 0 Å². The smallest absolute Gasteiger partial charge is 0.269 e. The molecule has 1 saturated heterocycles. The molecule has 1 fully saturated rings. The Hall–Kier alpha value is -2.95. The van der Waals surface area contributed by atoms with E-state index < -0.39 is 4.92 Å². The van der Waals surface area contributed by atoms with E-state index in [4.69, 9.17) is 4.74 Å². The second-order valence-electron chi connectivity index (χ2n) is 7.56. The van der Waals surface area contributed by atoms with Crippen LogP contribution in [0.5, 0.6) is 0 Å². The predicted molar refractivity (Wildman–Crippen MR) is 121 cm³/mol. The first-order valence-electron chi connectivity index (χ1n) is 10.4. The molecule has 4 rings (SSSR count). The number of anilines is 1. The number of fused-ring (bicyclic) bond motifs is 1. The van der Waals surface area contributed by atoms with Gasteiger partial charge in [-0.1, -0.05) is 23.5 Å². The summed E-state index contributed by atoms with van der Waals surface area (Å²) in [7, 11) is 0. The van der Waals surface area contributed by atoms with Crippen LogP contribution in [-0.2, 0) is 16.0 Å². The van der Waals surface area contributed by atoms with Crippen LogP contribution in [0.25, 0.3) is 10.2 Å². The second kappa shape index (κ2) is 10.1. The first-order chi connectivity index (χ1) is 15.5. The van der Waals surface area contributed by atoms with Gasteiger partial charge in [0.25, 0.3) is 5.69 Å². The molecule has 0 radical (unpaired) electrons. The Morgan fingerprint density at radius 1 is 1.22 bits per heavy atom. The molecule has 0 saturated carbocycles. The summed E-state index contributed by atoms with van der Waals surface area (Å²) in [5.74, 6) is -0.496. The summed E-state index contributed by atoms with van der Waals surface area (Å²) < 4.78 is 19.7. The molecular formula is C22H23FN4O4S. The van der Waals surface area contributed by atoms with Crippen LogP contribution >= 0.6 is 11.3 Å². The van der Waals surface area contributed by atoms with Gasteiger partial charge in [0.15, 0.2) is 5.13 Å². The fourth-order valence-corrected chi connectivity index (χ4v) is 4.65. The van der Waals surface area contributed by atoms with Crippen molar-refractivity contribution >= 4 is 38.3 Å². The third-order valence-electron chi connectivity index (χ3n) is 5.33. The van der Waals surface area contributed by atoms with Crippen molar-refractivity contribution in [1.29, 1.82) is 0 Å². The quantitative estimate of drug-likeness (QED) is 0.378. The lowest BCUT2D eigenvalue weighted by atomic mass is 10.1. The molecule has 0 bridgehead atoms. The van der Waals surface area contributed by atoms with Gasteiger partial charge < -0.3 is 4.74 Å². The molecule has 0 spiro atoms. The third kappa shape index (κ3) is 5.45. The zero-order valence-corrected chi connectivity index (χ0v) is 18.2. The summed E-state index contributed by atoms with van der Waals surface area (Å²) in [5, 5.41) is 11.4. The first kappa shape index (κ1) is 22.3. The molecule has 0 atom stereocenters. The van der Waals surface area contributed by atoms with E-state index in [1.54, 1.807) is 23.1 Å². The molecule has 32 heavy (non-hydrogen) atoms. The average molecular weight is 459 g/mol. The van der Waals surface area contributed by atoms with E-state index in [0.717, 1.165) is 26.1 Å². The summed E-state index contributed by atoms with van der Waals surface area (Å²) in [5.41, 5.74) is 1.32. The lowest BCUT2D eigenvalue weighted by Gasteiger charge is -2.27. The minimum Gasteiger partial charge on any atom is -0.379 e. The van der Waals surface area contributed by atoms with Crippen LogP contribution in [0.4, 0.5) is 15.2 Å². The van der Waals surface area contributed by atoms with Crippen molar-refractivity contribution in [2.45, 2.75) is 12.8 Å². The van der Waals surface area contributed by atoms with Crippen LogP contribution in [0, 0.1) is 15.9 Å². The minimum absolute atomic E-state index is 0.0169. The number of halogens is 1. The lowest BCUT2D eigenvalue weighted by molar-refractivity contribution is -0.384. The number of nitrogens with zero attached hydrogens (tertiary/aromatic N) is 4. The number of hydrogen-bond acceptors (Lipinski definition) is 7. The molecule has 3 aromatic rings. The predicted octanol–water partition coefficient (Wildman–Crippen LogP) is 3.64. The maximum absolute atomic E-state index is 13.6. The van der Waals surface area contributed by atoms with Gasteiger partial charge in [0, 0.05) is 38.3 Å². The van der Waals surface area contributed by atoms with Crippen molar-refractivity contribution < 1.29 is 18.8 Å². The molecule has 1 aliphatic heterocycles. The number of carbonyl (C=O) groups is 1. The molecule has 0 unspecified atom stereocenters. The van der Waals surface area contributed by atoms with E-state index in [-0.39, 0.29) is 23.8 Å². The van der Waals surface area contributed by atoms with E-state index in [9.17, 15) is 19.3 Å². The Bertz CT molecular complexity index is 1100. The van der Waals surface area contributed by atoms with E-state index in [1.165, 1.54) is 35.6 Å². The van der Waals surface area contributed by atoms with Crippen LogP contribution in [0.1, 0.15) is 12.0 Å². The number of nitro groups is 1. The molecule has 2 heterocycles. The van der Waals surface area contributed by atoms with E-state index in [2.05, 4.69) is 9.88 Å². The topological polar surface area (TPSA) is 88.8 Å². The Balaban J connectivity index is 1.51. The molecule has 2 aromatic carbocycles. The number of benzene rings is 2. The van der Waals surface area contributed by atoms with Gasteiger partial charge in [0.1, 0.15) is 5.82 Å². The second-order valence-corrected chi connectivity index (χ2v) is 8.57. The molecular weight excluding hydrogens is 435 g/mol. The molecule has 1 aromatic heterocycles. The van der Waals surface area contributed by atoms with E-state index in [0.29, 0.717) is 40.7 Å². The minimum atomic E-state index is -0.468. The molecule has 1 aliphatic rings. The molecule has 10 heteroatoms. The van der Waals surface area contributed by atoms with Crippen molar-refractivity contribution in [3.8, 4) is 0 Å². The number of amides is 1. The zero-order chi connectivity index (χ0) is 22.5. The van der Waals surface area contributed by atoms with Crippen molar-refractivity contribution in [3.63, 3.8) is 0 Å². The normalized spacial score (nSPS) is 14.5. The number of rotatable bonds is 8. The Morgan fingerprint density at radius 3 is 2.69 bits per heavy atom. The molecule has 8 nitrogen and oxygen atoms in total. The Morgan fingerprint density at radius 2 is 1.97 bits per heavy atom. The zero-order valence-electron chi connectivity index (χ0n) is 17.4. The number of thiazole rings is 1. The summed E-state index contributed by atoms with van der Waals surface area (Å²) in [6, 6.07) is 10.4. The first-order valence-corrected chi connectivity index (χ1v) is 11.2. The number of nitro benzene ring substituents is 1. The van der Waals surface area contributed by atoms with Crippen molar-refractivity contribution in [1.82, 2.24) is 9.88 Å². The maximum atomic E-state index is 13.6. The van der Waals surface area contributed by atoms with Gasteiger partial charge >= 0.3 is 0 Å². The van der Waals surface area contributed by atoms with Gasteiger partial charge in [-0.15, -0.1) is 0 Å². The lowest BCUT2D eigenvalue weighted by Crippen LogP contribution is -2.39. The highest BCUT2D eigenvalue weighted by Crippen LogP contribution is 2.30. The largest absolute Gasteiger partial charge is 0.379 e. The Kier molecular flexibility index (Phi) is 7.03. The molecule has 0 aliphatic carbocycles. The van der Waals surface area contributed by atoms with Gasteiger partial charge in [-0.3, -0.25) is 24.7 Å². The molecule has 0 N–H and O–H groups in total. The van der Waals surface area contributed by atoms with Crippen LogP contribution in [0.15, 0.2) is 42.5 Å². The van der Waals surface area contributed by atoms with Gasteiger partial charge in [0.05, 0.1) is 34.8 Å². The number of carbonyl (C=O) groups excluding carboxylic acids is 1. The summed E-state index contributed by atoms with van der Waals surface area (Å²) in [6.07, 6.45) is 0.857. The number of ether oxygens (including phenoxy) is 1. The fourth-order valence-electron chi connectivity index (χ4n) is 3.61. The van der Waals surface area contributed by atoms with Crippen LogP contribution < -0.4 is 4.90 Å². The van der Waals surface area contributed by atoms with Crippen molar-refractivity contribution in [2.75, 3.05) is 44.3 Å².